The molecule has 2 aliphatic rings. The van der Waals surface area contributed by atoms with Crippen molar-refractivity contribution in [3.05, 3.63) is 35.9 Å². The third-order valence-electron chi connectivity index (χ3n) is 5.71. The first-order valence-electron chi connectivity index (χ1n) is 9.61. The van der Waals surface area contributed by atoms with Crippen molar-refractivity contribution in [2.24, 2.45) is 5.92 Å². The molecule has 7 heteroatoms. The zero-order valence-electron chi connectivity index (χ0n) is 15.5. The van der Waals surface area contributed by atoms with E-state index >= 15 is 0 Å². The molecule has 0 radical (unpaired) electrons. The van der Waals surface area contributed by atoms with E-state index in [1.165, 1.54) is 4.90 Å². The number of piperidine rings is 2. The van der Waals surface area contributed by atoms with Crippen LogP contribution in [0.3, 0.4) is 0 Å². The van der Waals surface area contributed by atoms with Gasteiger partial charge >= 0.3 is 12.2 Å². The molecule has 2 N–H and O–H groups in total. The molecule has 0 aromatic heterocycles. The average molecular weight is 376 g/mol. The van der Waals surface area contributed by atoms with Crippen LogP contribution in [0.2, 0.25) is 0 Å². The summed E-state index contributed by atoms with van der Waals surface area (Å²) in [6.07, 6.45) is 2.12. The number of amides is 2. The molecule has 2 amide bonds. The Bertz CT molecular complexity index is 635. The van der Waals surface area contributed by atoms with Crippen molar-refractivity contribution >= 4 is 12.2 Å². The van der Waals surface area contributed by atoms with E-state index in [0.717, 1.165) is 18.4 Å². The number of benzene rings is 1. The number of hydrogen-bond acceptors (Lipinski definition) is 4. The zero-order chi connectivity index (χ0) is 19.3. The second-order valence-electron chi connectivity index (χ2n) is 7.67. The Hall–Kier alpha value is -2.28. The summed E-state index contributed by atoms with van der Waals surface area (Å²) in [5, 5.41) is 19.8. The van der Waals surface area contributed by atoms with Crippen molar-refractivity contribution in [1.82, 2.24) is 9.80 Å². The first-order valence-corrected chi connectivity index (χ1v) is 9.61. The molecule has 0 unspecified atom stereocenters. The van der Waals surface area contributed by atoms with Crippen LogP contribution in [-0.2, 0) is 11.3 Å². The summed E-state index contributed by atoms with van der Waals surface area (Å²) in [5.74, 6) is 0.351. The SMILES string of the molecule is O=C(O)N1CCC(O)(CC2CCN(C(=O)OCc3ccccc3)CC2)CC1. The molecule has 3 rings (SSSR count). The van der Waals surface area contributed by atoms with Gasteiger partial charge in [-0.05, 0) is 43.6 Å². The predicted molar refractivity (Wildman–Crippen MR) is 99.3 cm³/mol. The van der Waals surface area contributed by atoms with Gasteiger partial charge in [0.05, 0.1) is 5.60 Å². The molecule has 148 valence electrons. The maximum Gasteiger partial charge on any atom is 0.410 e. The summed E-state index contributed by atoms with van der Waals surface area (Å²) >= 11 is 0. The lowest BCUT2D eigenvalue weighted by Crippen LogP contribution is -2.48. The monoisotopic (exact) mass is 376 g/mol. The normalized spacial score (nSPS) is 20.3. The van der Waals surface area contributed by atoms with Crippen LogP contribution in [0.25, 0.3) is 0 Å². The second kappa shape index (κ2) is 8.61. The van der Waals surface area contributed by atoms with Crippen LogP contribution in [-0.4, -0.2) is 64.0 Å². The maximum absolute atomic E-state index is 12.2. The quantitative estimate of drug-likeness (QED) is 0.843. The van der Waals surface area contributed by atoms with Gasteiger partial charge in [-0.25, -0.2) is 9.59 Å². The summed E-state index contributed by atoms with van der Waals surface area (Å²) in [7, 11) is 0. The molecule has 1 aromatic rings. The molecule has 2 saturated heterocycles. The molecule has 0 spiro atoms. The number of nitrogens with zero attached hydrogens (tertiary/aromatic N) is 2. The molecule has 0 atom stereocenters. The minimum atomic E-state index is -0.917. The number of carboxylic acid groups (broad SMARTS) is 1. The summed E-state index contributed by atoms with van der Waals surface area (Å²) in [6, 6.07) is 9.61. The molecule has 0 aliphatic carbocycles. The van der Waals surface area contributed by atoms with Crippen LogP contribution in [0.1, 0.15) is 37.7 Å². The van der Waals surface area contributed by atoms with Crippen molar-refractivity contribution in [3.8, 4) is 0 Å². The molecule has 2 heterocycles. The van der Waals surface area contributed by atoms with Crippen LogP contribution in [0.15, 0.2) is 30.3 Å². The topological polar surface area (TPSA) is 90.3 Å². The van der Waals surface area contributed by atoms with Crippen LogP contribution in [0, 0.1) is 5.92 Å². The standard InChI is InChI=1S/C20H28N2O5/c23-18(24)21-12-8-20(26,9-13-21)14-16-6-10-22(11-7-16)19(25)27-15-17-4-2-1-3-5-17/h1-5,16,26H,6-15H2,(H,23,24). The first-order chi connectivity index (χ1) is 13.0. The van der Waals surface area contributed by atoms with Crippen molar-refractivity contribution in [2.45, 2.75) is 44.3 Å². The molecule has 2 aliphatic heterocycles. The molecule has 0 saturated carbocycles. The fourth-order valence-electron chi connectivity index (χ4n) is 3.99. The highest BCUT2D eigenvalue weighted by atomic mass is 16.6. The molecule has 7 nitrogen and oxygen atoms in total. The summed E-state index contributed by atoms with van der Waals surface area (Å²) < 4.78 is 5.38. The number of rotatable bonds is 4. The Kier molecular flexibility index (Phi) is 6.21. The van der Waals surface area contributed by atoms with Crippen molar-refractivity contribution < 1.29 is 24.5 Å². The number of hydrogen-bond donors (Lipinski definition) is 2. The van der Waals surface area contributed by atoms with E-state index in [1.54, 1.807) is 4.90 Å². The maximum atomic E-state index is 12.2. The van der Waals surface area contributed by atoms with E-state index in [0.29, 0.717) is 51.4 Å². The minimum Gasteiger partial charge on any atom is -0.465 e. The molecular formula is C20H28N2O5. The van der Waals surface area contributed by atoms with Crippen LogP contribution in [0.5, 0.6) is 0 Å². The molecular weight excluding hydrogens is 348 g/mol. The molecule has 27 heavy (non-hydrogen) atoms. The molecule has 2 fully saturated rings. The Morgan fingerprint density at radius 3 is 2.26 bits per heavy atom. The lowest BCUT2D eigenvalue weighted by atomic mass is 9.79. The van der Waals surface area contributed by atoms with Crippen molar-refractivity contribution in [2.75, 3.05) is 26.2 Å². The highest BCUT2D eigenvalue weighted by molar-refractivity contribution is 5.67. The Labute approximate surface area is 159 Å². The van der Waals surface area contributed by atoms with Gasteiger partial charge in [-0.15, -0.1) is 0 Å². The number of carbonyl (C=O) groups excluding carboxylic acids is 1. The van der Waals surface area contributed by atoms with Gasteiger partial charge in [-0.1, -0.05) is 30.3 Å². The van der Waals surface area contributed by atoms with Gasteiger partial charge in [0, 0.05) is 26.2 Å². The lowest BCUT2D eigenvalue weighted by Gasteiger charge is -2.40. The highest BCUT2D eigenvalue weighted by Gasteiger charge is 2.37. The van der Waals surface area contributed by atoms with Gasteiger partial charge in [0.1, 0.15) is 6.61 Å². The average Bonchev–Trinajstić information content (AvgIpc) is 2.67. The third-order valence-corrected chi connectivity index (χ3v) is 5.71. The van der Waals surface area contributed by atoms with Crippen molar-refractivity contribution in [1.29, 1.82) is 0 Å². The van der Waals surface area contributed by atoms with Crippen molar-refractivity contribution in [3.63, 3.8) is 0 Å². The lowest BCUT2D eigenvalue weighted by molar-refractivity contribution is -0.0403. The van der Waals surface area contributed by atoms with E-state index in [9.17, 15) is 14.7 Å². The van der Waals surface area contributed by atoms with Gasteiger partial charge in [0.15, 0.2) is 0 Å². The van der Waals surface area contributed by atoms with E-state index in [-0.39, 0.29) is 12.7 Å². The summed E-state index contributed by atoms with van der Waals surface area (Å²) in [5.41, 5.74) is 0.183. The Balaban J connectivity index is 1.40. The highest BCUT2D eigenvalue weighted by Crippen LogP contribution is 2.33. The van der Waals surface area contributed by atoms with Crippen LogP contribution in [0.4, 0.5) is 9.59 Å². The number of likely N-dealkylation sites (tertiary alicyclic amines) is 2. The van der Waals surface area contributed by atoms with E-state index in [2.05, 4.69) is 0 Å². The van der Waals surface area contributed by atoms with Gasteiger partial charge < -0.3 is 24.7 Å². The minimum absolute atomic E-state index is 0.277. The fourth-order valence-corrected chi connectivity index (χ4v) is 3.99. The summed E-state index contributed by atoms with van der Waals surface area (Å²) in [4.78, 5) is 26.3. The van der Waals surface area contributed by atoms with E-state index < -0.39 is 11.7 Å². The molecule has 1 aromatic carbocycles. The van der Waals surface area contributed by atoms with Crippen LogP contribution < -0.4 is 0 Å². The van der Waals surface area contributed by atoms with Gasteiger partial charge in [-0.3, -0.25) is 0 Å². The zero-order valence-corrected chi connectivity index (χ0v) is 15.5. The summed E-state index contributed by atoms with van der Waals surface area (Å²) in [6.45, 7) is 2.32. The van der Waals surface area contributed by atoms with E-state index in [1.807, 2.05) is 30.3 Å². The smallest absolute Gasteiger partial charge is 0.410 e. The Morgan fingerprint density at radius 1 is 1.04 bits per heavy atom. The predicted octanol–water partition coefficient (Wildman–Crippen LogP) is 2.93. The van der Waals surface area contributed by atoms with E-state index in [4.69, 9.17) is 9.84 Å². The number of aliphatic hydroxyl groups is 1. The Morgan fingerprint density at radius 2 is 1.67 bits per heavy atom. The van der Waals surface area contributed by atoms with Crippen LogP contribution >= 0.6 is 0 Å². The number of ether oxygens (including phenoxy) is 1. The fraction of sp³-hybridized carbons (Fsp3) is 0.600. The molecule has 0 bridgehead atoms. The van der Waals surface area contributed by atoms with Gasteiger partial charge in [-0.2, -0.15) is 0 Å². The van der Waals surface area contributed by atoms with Gasteiger partial charge in [0.25, 0.3) is 0 Å². The number of carbonyl (C=O) groups is 2. The van der Waals surface area contributed by atoms with Gasteiger partial charge in [0.2, 0.25) is 0 Å². The first kappa shape index (κ1) is 19.5. The second-order valence-corrected chi connectivity index (χ2v) is 7.67. The third kappa shape index (κ3) is 5.35. The largest absolute Gasteiger partial charge is 0.465 e.